The molecule has 1 saturated heterocycles. The topological polar surface area (TPSA) is 59.5 Å². The number of nitrogens with zero attached hydrogens (tertiary/aromatic N) is 4. The first-order valence-corrected chi connectivity index (χ1v) is 6.97. The van der Waals surface area contributed by atoms with Gasteiger partial charge in [0.1, 0.15) is 5.82 Å². The largest absolute Gasteiger partial charge is 0.326 e. The molecule has 1 aliphatic heterocycles. The van der Waals surface area contributed by atoms with Crippen LogP contribution in [0.25, 0.3) is 5.65 Å². The molecule has 0 aliphatic carbocycles. The summed E-state index contributed by atoms with van der Waals surface area (Å²) in [4.78, 5) is 2.41. The molecule has 1 unspecified atom stereocenters. The van der Waals surface area contributed by atoms with Crippen molar-refractivity contribution in [2.75, 3.05) is 20.1 Å². The Bertz CT molecular complexity index is 562. The van der Waals surface area contributed by atoms with Crippen LogP contribution in [0.3, 0.4) is 0 Å². The van der Waals surface area contributed by atoms with E-state index in [4.69, 9.17) is 5.73 Å². The molecule has 3 rings (SSSR count). The monoisotopic (exact) mass is 259 g/mol. The molecule has 2 aromatic rings. The zero-order valence-corrected chi connectivity index (χ0v) is 11.4. The first kappa shape index (κ1) is 12.6. The standard InChI is InChI=1S/C14H21N5/c1-18-5-2-3-12(10-18)8-14-17-16-13-7-11(9-15)4-6-19(13)14/h4,6-7,12H,2-3,5,8-10,15H2,1H3. The Morgan fingerprint density at radius 3 is 3.11 bits per heavy atom. The maximum absolute atomic E-state index is 5.65. The molecule has 0 aromatic carbocycles. The van der Waals surface area contributed by atoms with Crippen molar-refractivity contribution in [3.8, 4) is 0 Å². The van der Waals surface area contributed by atoms with Gasteiger partial charge in [0.15, 0.2) is 5.65 Å². The molecule has 0 spiro atoms. The van der Waals surface area contributed by atoms with Crippen LogP contribution in [-0.4, -0.2) is 39.6 Å². The Balaban J connectivity index is 1.81. The van der Waals surface area contributed by atoms with Crippen molar-refractivity contribution in [2.24, 2.45) is 11.7 Å². The van der Waals surface area contributed by atoms with Crippen molar-refractivity contribution in [1.82, 2.24) is 19.5 Å². The average molecular weight is 259 g/mol. The smallest absolute Gasteiger partial charge is 0.161 e. The van der Waals surface area contributed by atoms with Crippen molar-refractivity contribution in [1.29, 1.82) is 0 Å². The predicted octanol–water partition coefficient (Wildman–Crippen LogP) is 1.07. The third-order valence-electron chi connectivity index (χ3n) is 3.97. The number of fused-ring (bicyclic) bond motifs is 1. The summed E-state index contributed by atoms with van der Waals surface area (Å²) < 4.78 is 2.09. The van der Waals surface area contributed by atoms with Crippen LogP contribution in [0.15, 0.2) is 18.3 Å². The van der Waals surface area contributed by atoms with Crippen LogP contribution in [-0.2, 0) is 13.0 Å². The van der Waals surface area contributed by atoms with Crippen molar-refractivity contribution in [3.05, 3.63) is 29.7 Å². The molecule has 5 nitrogen and oxygen atoms in total. The van der Waals surface area contributed by atoms with Gasteiger partial charge in [0.2, 0.25) is 0 Å². The number of hydrogen-bond donors (Lipinski definition) is 1. The predicted molar refractivity (Wildman–Crippen MR) is 74.8 cm³/mol. The van der Waals surface area contributed by atoms with Crippen molar-refractivity contribution in [2.45, 2.75) is 25.8 Å². The molecule has 5 heteroatoms. The van der Waals surface area contributed by atoms with Crippen LogP contribution < -0.4 is 5.73 Å². The van der Waals surface area contributed by atoms with Crippen molar-refractivity contribution in [3.63, 3.8) is 0 Å². The SMILES string of the molecule is CN1CCCC(Cc2nnc3cc(CN)ccn23)C1. The minimum absolute atomic E-state index is 0.548. The number of nitrogens with two attached hydrogens (primary N) is 1. The molecular formula is C14H21N5. The Kier molecular flexibility index (Phi) is 3.48. The highest BCUT2D eigenvalue weighted by Crippen LogP contribution is 2.19. The van der Waals surface area contributed by atoms with Crippen molar-refractivity contribution >= 4 is 5.65 Å². The number of aromatic nitrogens is 3. The molecule has 2 aromatic heterocycles. The van der Waals surface area contributed by atoms with Gasteiger partial charge < -0.3 is 10.6 Å². The highest BCUT2D eigenvalue weighted by molar-refractivity contribution is 5.41. The van der Waals surface area contributed by atoms with Crippen LogP contribution >= 0.6 is 0 Å². The Morgan fingerprint density at radius 2 is 2.32 bits per heavy atom. The van der Waals surface area contributed by atoms with Crippen LogP contribution in [0, 0.1) is 5.92 Å². The van der Waals surface area contributed by atoms with E-state index in [9.17, 15) is 0 Å². The van der Waals surface area contributed by atoms with E-state index in [1.165, 1.54) is 19.4 Å². The summed E-state index contributed by atoms with van der Waals surface area (Å²) in [7, 11) is 2.20. The normalized spacial score (nSPS) is 21.1. The molecule has 102 valence electrons. The number of rotatable bonds is 3. The second-order valence-corrected chi connectivity index (χ2v) is 5.56. The Labute approximate surface area is 113 Å². The second kappa shape index (κ2) is 5.27. The fraction of sp³-hybridized carbons (Fsp3) is 0.571. The van der Waals surface area contributed by atoms with Gasteiger partial charge in [0.25, 0.3) is 0 Å². The summed E-state index contributed by atoms with van der Waals surface area (Å²) in [5.74, 6) is 1.76. The maximum atomic E-state index is 5.65. The van der Waals surface area contributed by atoms with Gasteiger partial charge >= 0.3 is 0 Å². The van der Waals surface area contributed by atoms with Crippen LogP contribution in [0.2, 0.25) is 0 Å². The number of hydrogen-bond acceptors (Lipinski definition) is 4. The first-order valence-electron chi connectivity index (χ1n) is 6.97. The van der Waals surface area contributed by atoms with Gasteiger partial charge in [-0.25, -0.2) is 0 Å². The molecular weight excluding hydrogens is 238 g/mol. The number of pyridine rings is 1. The minimum Gasteiger partial charge on any atom is -0.326 e. The zero-order valence-electron chi connectivity index (χ0n) is 11.4. The lowest BCUT2D eigenvalue weighted by Gasteiger charge is -2.29. The molecule has 0 saturated carbocycles. The molecule has 2 N–H and O–H groups in total. The van der Waals surface area contributed by atoms with E-state index in [2.05, 4.69) is 26.5 Å². The quantitative estimate of drug-likeness (QED) is 0.896. The Morgan fingerprint density at radius 1 is 1.42 bits per heavy atom. The van der Waals surface area contributed by atoms with Gasteiger partial charge in [-0.15, -0.1) is 10.2 Å². The van der Waals surface area contributed by atoms with Crippen LogP contribution in [0.4, 0.5) is 0 Å². The fourth-order valence-corrected chi connectivity index (χ4v) is 2.95. The number of piperidine rings is 1. The van der Waals surface area contributed by atoms with E-state index in [0.717, 1.165) is 30.0 Å². The van der Waals surface area contributed by atoms with E-state index in [1.807, 2.05) is 18.3 Å². The van der Waals surface area contributed by atoms with Gasteiger partial charge in [0, 0.05) is 25.7 Å². The lowest BCUT2D eigenvalue weighted by atomic mass is 9.95. The maximum Gasteiger partial charge on any atom is 0.161 e. The zero-order chi connectivity index (χ0) is 13.2. The molecule has 19 heavy (non-hydrogen) atoms. The fourth-order valence-electron chi connectivity index (χ4n) is 2.95. The third kappa shape index (κ3) is 2.62. The molecule has 1 fully saturated rings. The summed E-state index contributed by atoms with van der Waals surface area (Å²) >= 11 is 0. The van der Waals surface area contributed by atoms with Crippen molar-refractivity contribution < 1.29 is 0 Å². The summed E-state index contributed by atoms with van der Waals surface area (Å²) in [5, 5.41) is 8.60. The van der Waals surface area contributed by atoms with E-state index in [1.54, 1.807) is 0 Å². The highest BCUT2D eigenvalue weighted by Gasteiger charge is 2.19. The van der Waals surface area contributed by atoms with Crippen LogP contribution in [0.5, 0.6) is 0 Å². The molecule has 0 radical (unpaired) electrons. The van der Waals surface area contributed by atoms with E-state index < -0.39 is 0 Å². The highest BCUT2D eigenvalue weighted by atomic mass is 15.2. The summed E-state index contributed by atoms with van der Waals surface area (Å²) in [6, 6.07) is 4.07. The first-order chi connectivity index (χ1) is 9.26. The molecule has 0 amide bonds. The number of likely N-dealkylation sites (tertiary alicyclic amines) is 1. The molecule has 0 bridgehead atoms. The summed E-state index contributed by atoms with van der Waals surface area (Å²) in [5.41, 5.74) is 7.65. The lowest BCUT2D eigenvalue weighted by Crippen LogP contribution is -2.33. The van der Waals surface area contributed by atoms with Gasteiger partial charge in [-0.05, 0) is 50.0 Å². The van der Waals surface area contributed by atoms with E-state index >= 15 is 0 Å². The minimum atomic E-state index is 0.548. The lowest BCUT2D eigenvalue weighted by molar-refractivity contribution is 0.207. The van der Waals surface area contributed by atoms with E-state index in [-0.39, 0.29) is 0 Å². The third-order valence-corrected chi connectivity index (χ3v) is 3.97. The Hall–Kier alpha value is -1.46. The van der Waals surface area contributed by atoms with Gasteiger partial charge in [-0.1, -0.05) is 0 Å². The van der Waals surface area contributed by atoms with Gasteiger partial charge in [0.05, 0.1) is 0 Å². The average Bonchev–Trinajstić information content (AvgIpc) is 2.81. The molecule has 1 atom stereocenters. The molecule has 1 aliphatic rings. The summed E-state index contributed by atoms with van der Waals surface area (Å²) in [6.45, 7) is 2.93. The summed E-state index contributed by atoms with van der Waals surface area (Å²) in [6.07, 6.45) is 5.63. The second-order valence-electron chi connectivity index (χ2n) is 5.56. The van der Waals surface area contributed by atoms with Crippen LogP contribution in [0.1, 0.15) is 24.2 Å². The molecule has 3 heterocycles. The van der Waals surface area contributed by atoms with Gasteiger partial charge in [-0.2, -0.15) is 0 Å². The van der Waals surface area contributed by atoms with E-state index in [0.29, 0.717) is 12.5 Å². The van der Waals surface area contributed by atoms with Gasteiger partial charge in [-0.3, -0.25) is 4.40 Å².